The Balaban J connectivity index is 1.53. The number of nitrogens with zero attached hydrogens (tertiary/aromatic N) is 1. The van der Waals surface area contributed by atoms with E-state index >= 15 is 0 Å². The van der Waals surface area contributed by atoms with Crippen LogP contribution in [0.4, 0.5) is 0 Å². The van der Waals surface area contributed by atoms with Crippen LogP contribution in [0.3, 0.4) is 0 Å². The number of hydrogen-bond acceptors (Lipinski definition) is 5. The molecule has 0 saturated heterocycles. The molecular weight excluding hydrogens is 324 g/mol. The summed E-state index contributed by atoms with van der Waals surface area (Å²) in [5.41, 5.74) is 3.16. The molecule has 0 amide bonds. The Morgan fingerprint density at radius 1 is 1.21 bits per heavy atom. The van der Waals surface area contributed by atoms with Crippen molar-refractivity contribution in [3.63, 3.8) is 0 Å². The van der Waals surface area contributed by atoms with Crippen LogP contribution in [-0.2, 0) is 12.8 Å². The zero-order valence-corrected chi connectivity index (χ0v) is 14.1. The van der Waals surface area contributed by atoms with Gasteiger partial charge in [-0.1, -0.05) is 29.5 Å². The lowest BCUT2D eigenvalue weighted by Crippen LogP contribution is -2.03. The number of aryl methyl sites for hydroxylation is 1. The van der Waals surface area contributed by atoms with Gasteiger partial charge in [-0.25, -0.2) is 0 Å². The van der Waals surface area contributed by atoms with Crippen LogP contribution in [0.1, 0.15) is 21.7 Å². The molecule has 5 nitrogen and oxygen atoms in total. The van der Waals surface area contributed by atoms with Crippen molar-refractivity contribution in [3.8, 4) is 11.6 Å². The molecule has 0 fully saturated rings. The summed E-state index contributed by atoms with van der Waals surface area (Å²) < 4.78 is 5.73. The Kier molecular flexibility index (Phi) is 4.96. The standard InChI is InChI=1S/C18H18N2O3S/c1-12-2-5-14(19-11-12)8-9-23-15-6-3-13(4-7-15)10-16-17(21)20-18(22)24-16/h2-7,11,21H,8-10H2,1H3,(H,20,22). The van der Waals surface area contributed by atoms with Gasteiger partial charge in [-0.3, -0.25) is 14.8 Å². The minimum absolute atomic E-state index is 0.0454. The summed E-state index contributed by atoms with van der Waals surface area (Å²) in [5.74, 6) is 0.744. The fourth-order valence-corrected chi connectivity index (χ4v) is 3.04. The summed E-state index contributed by atoms with van der Waals surface area (Å²) in [7, 11) is 0. The predicted molar refractivity (Wildman–Crippen MR) is 94.0 cm³/mol. The number of benzene rings is 1. The van der Waals surface area contributed by atoms with Gasteiger partial charge >= 0.3 is 4.87 Å². The van der Waals surface area contributed by atoms with Gasteiger partial charge in [0.05, 0.1) is 11.5 Å². The molecule has 2 N–H and O–H groups in total. The highest BCUT2D eigenvalue weighted by Crippen LogP contribution is 2.21. The number of H-pyrrole nitrogens is 1. The van der Waals surface area contributed by atoms with Gasteiger partial charge in [0.2, 0.25) is 5.88 Å². The maximum atomic E-state index is 11.2. The summed E-state index contributed by atoms with van der Waals surface area (Å²) in [6.45, 7) is 2.58. The first-order chi connectivity index (χ1) is 11.6. The Hall–Kier alpha value is -2.60. The number of pyridine rings is 1. The number of hydrogen-bond donors (Lipinski definition) is 2. The van der Waals surface area contributed by atoms with E-state index in [-0.39, 0.29) is 10.8 Å². The Bertz CT molecular complexity index is 851. The van der Waals surface area contributed by atoms with E-state index in [1.165, 1.54) is 0 Å². The molecule has 0 aliphatic carbocycles. The van der Waals surface area contributed by atoms with Crippen LogP contribution < -0.4 is 9.61 Å². The van der Waals surface area contributed by atoms with E-state index in [1.807, 2.05) is 49.5 Å². The predicted octanol–water partition coefficient (Wildman–Crippen LogP) is 3.06. The lowest BCUT2D eigenvalue weighted by molar-refractivity contribution is 0.320. The highest BCUT2D eigenvalue weighted by molar-refractivity contribution is 7.09. The van der Waals surface area contributed by atoms with E-state index in [9.17, 15) is 9.90 Å². The average Bonchev–Trinajstić information content (AvgIpc) is 2.88. The molecule has 0 aliphatic heterocycles. The van der Waals surface area contributed by atoms with Crippen LogP contribution in [-0.4, -0.2) is 21.7 Å². The number of ether oxygens (including phenoxy) is 1. The molecule has 2 aromatic heterocycles. The number of nitrogens with one attached hydrogen (secondary N) is 1. The molecule has 24 heavy (non-hydrogen) atoms. The summed E-state index contributed by atoms with van der Waals surface area (Å²) in [4.78, 5) is 18.3. The largest absolute Gasteiger partial charge is 0.494 e. The van der Waals surface area contributed by atoms with Crippen LogP contribution in [0, 0.1) is 6.92 Å². The Morgan fingerprint density at radius 3 is 2.62 bits per heavy atom. The van der Waals surface area contributed by atoms with Crippen molar-refractivity contribution in [1.29, 1.82) is 0 Å². The Labute approximate surface area is 143 Å². The van der Waals surface area contributed by atoms with Crippen LogP contribution in [0.5, 0.6) is 11.6 Å². The number of aromatic amines is 1. The fourth-order valence-electron chi connectivity index (χ4n) is 2.28. The highest BCUT2D eigenvalue weighted by Gasteiger charge is 2.07. The summed E-state index contributed by atoms with van der Waals surface area (Å²) in [6.07, 6.45) is 3.13. The summed E-state index contributed by atoms with van der Waals surface area (Å²) in [5, 5.41) is 9.61. The maximum absolute atomic E-state index is 11.2. The second-order valence-electron chi connectivity index (χ2n) is 5.53. The van der Waals surface area contributed by atoms with Gasteiger partial charge in [0.1, 0.15) is 5.75 Å². The molecule has 3 aromatic rings. The van der Waals surface area contributed by atoms with Crippen LogP contribution in [0.2, 0.25) is 0 Å². The minimum Gasteiger partial charge on any atom is -0.494 e. The van der Waals surface area contributed by atoms with E-state index < -0.39 is 0 Å². The zero-order chi connectivity index (χ0) is 16.9. The third-order valence-electron chi connectivity index (χ3n) is 3.59. The highest BCUT2D eigenvalue weighted by atomic mass is 32.1. The number of aromatic hydroxyl groups is 1. The second kappa shape index (κ2) is 7.31. The molecule has 0 aliphatic rings. The molecule has 1 aromatic carbocycles. The molecule has 6 heteroatoms. The smallest absolute Gasteiger partial charge is 0.307 e. The lowest BCUT2D eigenvalue weighted by Gasteiger charge is -2.07. The van der Waals surface area contributed by atoms with Gasteiger partial charge in [-0.15, -0.1) is 0 Å². The quantitative estimate of drug-likeness (QED) is 0.722. The molecule has 0 bridgehead atoms. The monoisotopic (exact) mass is 342 g/mol. The zero-order valence-electron chi connectivity index (χ0n) is 13.3. The third kappa shape index (κ3) is 4.23. The third-order valence-corrected chi connectivity index (χ3v) is 4.46. The minimum atomic E-state index is -0.243. The lowest BCUT2D eigenvalue weighted by atomic mass is 10.1. The van der Waals surface area contributed by atoms with Crippen molar-refractivity contribution >= 4 is 11.3 Å². The first kappa shape index (κ1) is 16.3. The number of thiazole rings is 1. The van der Waals surface area contributed by atoms with Gasteiger partial charge in [-0.05, 0) is 36.2 Å². The van der Waals surface area contributed by atoms with Gasteiger partial charge in [0, 0.05) is 24.7 Å². The molecule has 2 heterocycles. The SMILES string of the molecule is Cc1ccc(CCOc2ccc(Cc3sc(=O)[nH]c3O)cc2)nc1. The molecule has 124 valence electrons. The van der Waals surface area contributed by atoms with Crippen molar-refractivity contribution in [3.05, 3.63) is 74.0 Å². The summed E-state index contributed by atoms with van der Waals surface area (Å²) >= 11 is 1.03. The van der Waals surface area contributed by atoms with E-state index in [1.54, 1.807) is 0 Å². The Morgan fingerprint density at radius 2 is 2.00 bits per heavy atom. The maximum Gasteiger partial charge on any atom is 0.307 e. The van der Waals surface area contributed by atoms with E-state index in [2.05, 4.69) is 9.97 Å². The van der Waals surface area contributed by atoms with Crippen molar-refractivity contribution in [2.75, 3.05) is 6.61 Å². The van der Waals surface area contributed by atoms with E-state index in [0.717, 1.165) is 40.3 Å². The number of rotatable bonds is 6. The van der Waals surface area contributed by atoms with Crippen LogP contribution in [0.15, 0.2) is 47.4 Å². The van der Waals surface area contributed by atoms with Gasteiger partial charge < -0.3 is 9.84 Å². The molecule has 0 atom stereocenters. The number of aromatic nitrogens is 2. The molecule has 0 saturated carbocycles. The summed E-state index contributed by atoms with van der Waals surface area (Å²) in [6, 6.07) is 11.7. The first-order valence-electron chi connectivity index (χ1n) is 7.64. The van der Waals surface area contributed by atoms with Gasteiger partial charge in [0.25, 0.3) is 0 Å². The van der Waals surface area contributed by atoms with Crippen molar-refractivity contribution in [2.45, 2.75) is 19.8 Å². The average molecular weight is 342 g/mol. The molecule has 0 spiro atoms. The topological polar surface area (TPSA) is 75.2 Å². The molecular formula is C18H18N2O3S. The fraction of sp³-hybridized carbons (Fsp3) is 0.222. The first-order valence-corrected chi connectivity index (χ1v) is 8.46. The van der Waals surface area contributed by atoms with Gasteiger partial charge in [-0.2, -0.15) is 0 Å². The van der Waals surface area contributed by atoms with Gasteiger partial charge in [0.15, 0.2) is 0 Å². The molecule has 3 rings (SSSR count). The van der Waals surface area contributed by atoms with Crippen LogP contribution >= 0.6 is 11.3 Å². The second-order valence-corrected chi connectivity index (χ2v) is 6.60. The molecule has 0 unspecified atom stereocenters. The normalized spacial score (nSPS) is 10.7. The van der Waals surface area contributed by atoms with Crippen LogP contribution in [0.25, 0.3) is 0 Å². The van der Waals surface area contributed by atoms with Crippen molar-refractivity contribution < 1.29 is 9.84 Å². The van der Waals surface area contributed by atoms with Crippen molar-refractivity contribution in [1.82, 2.24) is 9.97 Å². The van der Waals surface area contributed by atoms with Crippen molar-refractivity contribution in [2.24, 2.45) is 0 Å². The van der Waals surface area contributed by atoms with E-state index in [0.29, 0.717) is 17.9 Å². The molecule has 0 radical (unpaired) electrons. The van der Waals surface area contributed by atoms with E-state index in [4.69, 9.17) is 4.74 Å².